The van der Waals surface area contributed by atoms with Crippen LogP contribution in [0.25, 0.3) is 11.4 Å². The van der Waals surface area contributed by atoms with Crippen LogP contribution in [0.15, 0.2) is 30.3 Å². The highest BCUT2D eigenvalue weighted by Crippen LogP contribution is 2.30. The van der Waals surface area contributed by atoms with Crippen LogP contribution >= 0.6 is 0 Å². The van der Waals surface area contributed by atoms with E-state index in [4.69, 9.17) is 5.73 Å². The molecule has 0 atom stereocenters. The molecule has 4 heteroatoms. The van der Waals surface area contributed by atoms with Gasteiger partial charge in [0.2, 0.25) is 0 Å². The molecule has 0 radical (unpaired) electrons. The topological polar surface area (TPSA) is 56.7 Å². The van der Waals surface area contributed by atoms with E-state index in [0.717, 1.165) is 36.5 Å². The Bertz CT molecular complexity index is 553. The average Bonchev–Trinajstić information content (AvgIpc) is 2.99. The molecule has 0 unspecified atom stereocenters. The fourth-order valence-corrected chi connectivity index (χ4v) is 2.85. The monoisotopic (exact) mass is 256 g/mol. The number of hydrogen-bond donors (Lipinski definition) is 1. The van der Waals surface area contributed by atoms with Gasteiger partial charge in [0.25, 0.3) is 0 Å². The summed E-state index contributed by atoms with van der Waals surface area (Å²) in [6.45, 7) is 0. The zero-order valence-electron chi connectivity index (χ0n) is 11.3. The molecule has 0 aliphatic heterocycles. The van der Waals surface area contributed by atoms with Crippen molar-refractivity contribution in [1.82, 2.24) is 14.8 Å². The first kappa shape index (κ1) is 12.4. The highest BCUT2D eigenvalue weighted by atomic mass is 15.3. The van der Waals surface area contributed by atoms with E-state index in [-0.39, 0.29) is 5.54 Å². The van der Waals surface area contributed by atoms with Crippen LogP contribution in [0.1, 0.15) is 31.5 Å². The summed E-state index contributed by atoms with van der Waals surface area (Å²) in [6, 6.07) is 10.1. The molecule has 0 saturated heterocycles. The lowest BCUT2D eigenvalue weighted by atomic mass is 9.94. The lowest BCUT2D eigenvalue weighted by molar-refractivity contribution is 0.418. The zero-order valence-corrected chi connectivity index (χ0v) is 11.3. The minimum atomic E-state index is -0.0747. The van der Waals surface area contributed by atoms with Crippen LogP contribution in [0.2, 0.25) is 0 Å². The Morgan fingerprint density at radius 2 is 1.89 bits per heavy atom. The Balaban J connectivity index is 1.86. The van der Waals surface area contributed by atoms with Crippen molar-refractivity contribution in [2.75, 3.05) is 0 Å². The summed E-state index contributed by atoms with van der Waals surface area (Å²) < 4.78 is 1.87. The van der Waals surface area contributed by atoms with Gasteiger partial charge in [-0.05, 0) is 12.8 Å². The van der Waals surface area contributed by atoms with Crippen molar-refractivity contribution in [3.05, 3.63) is 36.2 Å². The molecule has 1 aromatic carbocycles. The fourth-order valence-electron chi connectivity index (χ4n) is 2.85. The molecule has 1 aromatic heterocycles. The van der Waals surface area contributed by atoms with Gasteiger partial charge in [-0.1, -0.05) is 43.2 Å². The third-order valence-electron chi connectivity index (χ3n) is 3.99. The van der Waals surface area contributed by atoms with E-state index >= 15 is 0 Å². The standard InChI is InChI=1S/C15H20N4/c1-19-13(11-15(16)9-5-6-10-15)17-14(18-19)12-7-3-2-4-8-12/h2-4,7-8H,5-6,9-11,16H2,1H3. The highest BCUT2D eigenvalue weighted by molar-refractivity contribution is 5.54. The number of hydrogen-bond acceptors (Lipinski definition) is 3. The maximum atomic E-state index is 6.43. The van der Waals surface area contributed by atoms with Crippen molar-refractivity contribution >= 4 is 0 Å². The van der Waals surface area contributed by atoms with Crippen molar-refractivity contribution in [3.8, 4) is 11.4 Å². The van der Waals surface area contributed by atoms with Crippen molar-refractivity contribution in [3.63, 3.8) is 0 Å². The number of rotatable bonds is 3. The van der Waals surface area contributed by atoms with Gasteiger partial charge in [-0.25, -0.2) is 4.98 Å². The van der Waals surface area contributed by atoms with Gasteiger partial charge in [-0.3, -0.25) is 4.68 Å². The van der Waals surface area contributed by atoms with Gasteiger partial charge >= 0.3 is 0 Å². The molecule has 19 heavy (non-hydrogen) atoms. The van der Waals surface area contributed by atoms with Crippen molar-refractivity contribution in [1.29, 1.82) is 0 Å². The second-order valence-electron chi connectivity index (χ2n) is 5.59. The molecule has 3 rings (SSSR count). The zero-order chi connectivity index (χ0) is 13.3. The molecule has 2 N–H and O–H groups in total. The van der Waals surface area contributed by atoms with Crippen molar-refractivity contribution in [2.24, 2.45) is 12.8 Å². The second kappa shape index (κ2) is 4.78. The van der Waals surface area contributed by atoms with E-state index < -0.39 is 0 Å². The van der Waals surface area contributed by atoms with Crippen LogP contribution in [0, 0.1) is 0 Å². The van der Waals surface area contributed by atoms with Gasteiger partial charge in [0, 0.05) is 24.6 Å². The predicted molar refractivity (Wildman–Crippen MR) is 75.5 cm³/mol. The molecule has 1 fully saturated rings. The Morgan fingerprint density at radius 3 is 2.58 bits per heavy atom. The Hall–Kier alpha value is -1.68. The van der Waals surface area contributed by atoms with Gasteiger partial charge in [-0.15, -0.1) is 0 Å². The SMILES string of the molecule is Cn1nc(-c2ccccc2)nc1CC1(N)CCCC1. The summed E-state index contributed by atoms with van der Waals surface area (Å²) in [5.74, 6) is 1.78. The summed E-state index contributed by atoms with van der Waals surface area (Å²) in [5.41, 5.74) is 7.41. The Morgan fingerprint density at radius 1 is 1.21 bits per heavy atom. The van der Waals surface area contributed by atoms with E-state index in [2.05, 4.69) is 10.1 Å². The minimum absolute atomic E-state index is 0.0747. The van der Waals surface area contributed by atoms with Gasteiger partial charge in [0.1, 0.15) is 5.82 Å². The molecule has 0 spiro atoms. The summed E-state index contributed by atoms with van der Waals surface area (Å²) in [7, 11) is 1.95. The smallest absolute Gasteiger partial charge is 0.181 e. The molecular weight excluding hydrogens is 236 g/mol. The average molecular weight is 256 g/mol. The van der Waals surface area contributed by atoms with E-state index in [1.54, 1.807) is 0 Å². The van der Waals surface area contributed by atoms with Crippen LogP contribution in [0.5, 0.6) is 0 Å². The Labute approximate surface area is 113 Å². The first-order valence-electron chi connectivity index (χ1n) is 6.91. The largest absolute Gasteiger partial charge is 0.325 e. The van der Waals surface area contributed by atoms with Gasteiger partial charge in [-0.2, -0.15) is 5.10 Å². The molecule has 0 amide bonds. The maximum Gasteiger partial charge on any atom is 0.181 e. The van der Waals surface area contributed by atoms with Crippen molar-refractivity contribution in [2.45, 2.75) is 37.6 Å². The lowest BCUT2D eigenvalue weighted by Gasteiger charge is -2.22. The molecule has 4 nitrogen and oxygen atoms in total. The highest BCUT2D eigenvalue weighted by Gasteiger charge is 2.31. The quantitative estimate of drug-likeness (QED) is 0.916. The van der Waals surface area contributed by atoms with E-state index in [1.807, 2.05) is 42.1 Å². The van der Waals surface area contributed by atoms with Crippen LogP contribution in [0.3, 0.4) is 0 Å². The maximum absolute atomic E-state index is 6.43. The number of aryl methyl sites for hydroxylation is 1. The predicted octanol–water partition coefficient (Wildman–Crippen LogP) is 2.30. The summed E-state index contributed by atoms with van der Waals surface area (Å²) in [6.07, 6.45) is 5.49. The van der Waals surface area contributed by atoms with Crippen LogP contribution < -0.4 is 5.73 Å². The molecule has 1 heterocycles. The third kappa shape index (κ3) is 2.54. The third-order valence-corrected chi connectivity index (χ3v) is 3.99. The van der Waals surface area contributed by atoms with Gasteiger partial charge in [0.05, 0.1) is 0 Å². The molecule has 1 aliphatic rings. The molecule has 1 aliphatic carbocycles. The number of nitrogens with two attached hydrogens (primary N) is 1. The lowest BCUT2D eigenvalue weighted by Crippen LogP contribution is -2.39. The second-order valence-corrected chi connectivity index (χ2v) is 5.59. The first-order valence-corrected chi connectivity index (χ1v) is 6.91. The van der Waals surface area contributed by atoms with Gasteiger partial charge in [0.15, 0.2) is 5.82 Å². The van der Waals surface area contributed by atoms with Crippen molar-refractivity contribution < 1.29 is 0 Å². The molecule has 1 saturated carbocycles. The molecule has 2 aromatic rings. The summed E-state index contributed by atoms with van der Waals surface area (Å²) in [5, 5.41) is 4.50. The van der Waals surface area contributed by atoms with Crippen LogP contribution in [-0.4, -0.2) is 20.3 Å². The number of nitrogens with zero attached hydrogens (tertiary/aromatic N) is 3. The minimum Gasteiger partial charge on any atom is -0.325 e. The number of aromatic nitrogens is 3. The summed E-state index contributed by atoms with van der Waals surface area (Å²) >= 11 is 0. The molecular formula is C15H20N4. The molecule has 100 valence electrons. The Kier molecular flexibility index (Phi) is 3.11. The van der Waals surface area contributed by atoms with E-state index in [1.165, 1.54) is 12.8 Å². The van der Waals surface area contributed by atoms with E-state index in [0.29, 0.717) is 0 Å². The van der Waals surface area contributed by atoms with Crippen LogP contribution in [0.4, 0.5) is 0 Å². The van der Waals surface area contributed by atoms with Gasteiger partial charge < -0.3 is 5.73 Å². The first-order chi connectivity index (χ1) is 9.16. The summed E-state index contributed by atoms with van der Waals surface area (Å²) in [4.78, 5) is 4.66. The normalized spacial score (nSPS) is 17.8. The number of benzene rings is 1. The van der Waals surface area contributed by atoms with E-state index in [9.17, 15) is 0 Å². The fraction of sp³-hybridized carbons (Fsp3) is 0.467. The molecule has 0 bridgehead atoms. The van der Waals surface area contributed by atoms with Crippen LogP contribution in [-0.2, 0) is 13.5 Å².